The van der Waals surface area contributed by atoms with Gasteiger partial charge in [0.15, 0.2) is 0 Å². The average molecular weight is 462 g/mol. The predicted octanol–water partition coefficient (Wildman–Crippen LogP) is 7.18. The molecule has 5 heteroatoms. The zero-order valence-electron chi connectivity index (χ0n) is 21.3. The van der Waals surface area contributed by atoms with Crippen molar-refractivity contribution in [2.75, 3.05) is 27.3 Å². The van der Waals surface area contributed by atoms with Crippen LogP contribution in [0.5, 0.6) is 17.2 Å². The Kier molecular flexibility index (Phi) is 7.87. The van der Waals surface area contributed by atoms with Crippen LogP contribution in [0.4, 0.5) is 4.79 Å². The standard InChI is InChI=1S/C29H35NO4/c1-8-30(9-2)28(31)34-27-25(20-10-14-23(32-6)15-11-20)18-22(29(3,4)5)19-26(27)21-12-16-24(33-7)17-13-21/h10-19H,8-9H2,1-7H3. The van der Waals surface area contributed by atoms with Gasteiger partial charge in [0.25, 0.3) is 0 Å². The Morgan fingerprint density at radius 1 is 0.765 bits per heavy atom. The van der Waals surface area contributed by atoms with E-state index in [1.54, 1.807) is 19.1 Å². The van der Waals surface area contributed by atoms with Crippen LogP contribution in [0.15, 0.2) is 60.7 Å². The van der Waals surface area contributed by atoms with Crippen LogP contribution in [-0.2, 0) is 5.41 Å². The molecule has 180 valence electrons. The first kappa shape index (κ1) is 25.2. The highest BCUT2D eigenvalue weighted by Gasteiger charge is 2.24. The van der Waals surface area contributed by atoms with Gasteiger partial charge >= 0.3 is 6.09 Å². The zero-order chi connectivity index (χ0) is 24.9. The Bertz CT molecular complexity index is 1040. The first-order valence-corrected chi connectivity index (χ1v) is 11.7. The maximum absolute atomic E-state index is 13.1. The molecule has 0 saturated carbocycles. The van der Waals surface area contributed by atoms with Crippen LogP contribution in [0, 0.1) is 0 Å². The third-order valence-electron chi connectivity index (χ3n) is 5.97. The van der Waals surface area contributed by atoms with E-state index < -0.39 is 0 Å². The molecule has 34 heavy (non-hydrogen) atoms. The average Bonchev–Trinajstić information content (AvgIpc) is 2.84. The normalized spacial score (nSPS) is 11.1. The number of amides is 1. The molecule has 0 aromatic heterocycles. The summed E-state index contributed by atoms with van der Waals surface area (Å²) in [6.45, 7) is 11.6. The molecule has 0 radical (unpaired) electrons. The fourth-order valence-electron chi connectivity index (χ4n) is 3.78. The highest BCUT2D eigenvalue weighted by atomic mass is 16.6. The Morgan fingerprint density at radius 2 is 1.18 bits per heavy atom. The zero-order valence-corrected chi connectivity index (χ0v) is 21.3. The van der Waals surface area contributed by atoms with Crippen LogP contribution in [0.3, 0.4) is 0 Å². The van der Waals surface area contributed by atoms with Crippen LogP contribution in [0.2, 0.25) is 0 Å². The van der Waals surface area contributed by atoms with E-state index in [1.807, 2.05) is 62.4 Å². The van der Waals surface area contributed by atoms with Crippen molar-refractivity contribution in [3.63, 3.8) is 0 Å². The van der Waals surface area contributed by atoms with E-state index in [9.17, 15) is 4.79 Å². The number of hydrogen-bond donors (Lipinski definition) is 0. The third kappa shape index (κ3) is 5.53. The lowest BCUT2D eigenvalue weighted by molar-refractivity contribution is 0.157. The summed E-state index contributed by atoms with van der Waals surface area (Å²) < 4.78 is 16.8. The van der Waals surface area contributed by atoms with Crippen LogP contribution in [0.1, 0.15) is 40.2 Å². The summed E-state index contributed by atoms with van der Waals surface area (Å²) in [5.74, 6) is 2.08. The molecule has 0 fully saturated rings. The van der Waals surface area contributed by atoms with Gasteiger partial charge < -0.3 is 19.1 Å². The predicted molar refractivity (Wildman–Crippen MR) is 138 cm³/mol. The van der Waals surface area contributed by atoms with Crippen molar-refractivity contribution in [3.8, 4) is 39.5 Å². The van der Waals surface area contributed by atoms with Crippen LogP contribution < -0.4 is 14.2 Å². The maximum Gasteiger partial charge on any atom is 0.415 e. The summed E-state index contributed by atoms with van der Waals surface area (Å²) in [5.41, 5.74) is 4.66. The molecule has 0 saturated heterocycles. The SMILES string of the molecule is CCN(CC)C(=O)Oc1c(-c2ccc(OC)cc2)cc(C(C)(C)C)cc1-c1ccc(OC)cc1. The summed E-state index contributed by atoms with van der Waals surface area (Å²) in [6, 6.07) is 19.9. The van der Waals surface area contributed by atoms with E-state index in [0.717, 1.165) is 39.3 Å². The number of rotatable bonds is 7. The summed E-state index contributed by atoms with van der Waals surface area (Å²) in [5, 5.41) is 0. The molecule has 0 spiro atoms. The van der Waals surface area contributed by atoms with E-state index >= 15 is 0 Å². The van der Waals surface area contributed by atoms with Gasteiger partial charge in [-0.05, 0) is 72.4 Å². The van der Waals surface area contributed by atoms with Gasteiger partial charge in [0.05, 0.1) is 14.2 Å². The molecular weight excluding hydrogens is 426 g/mol. The molecule has 0 bridgehead atoms. The minimum atomic E-state index is -0.363. The molecule has 0 aliphatic rings. The Hall–Kier alpha value is -3.47. The number of carbonyl (C=O) groups excluding carboxylic acids is 1. The number of nitrogens with zero attached hydrogens (tertiary/aromatic N) is 1. The minimum Gasteiger partial charge on any atom is -0.497 e. The molecule has 3 aromatic carbocycles. The van der Waals surface area contributed by atoms with E-state index in [2.05, 4.69) is 32.9 Å². The fraction of sp³-hybridized carbons (Fsp3) is 0.345. The molecule has 1 amide bonds. The largest absolute Gasteiger partial charge is 0.497 e. The fourth-order valence-corrected chi connectivity index (χ4v) is 3.78. The molecule has 0 heterocycles. The maximum atomic E-state index is 13.1. The molecular formula is C29H35NO4. The summed E-state index contributed by atoms with van der Waals surface area (Å²) in [4.78, 5) is 14.8. The van der Waals surface area contributed by atoms with Gasteiger partial charge in [-0.2, -0.15) is 0 Å². The molecule has 3 rings (SSSR count). The Labute approximate surface area is 203 Å². The van der Waals surface area contributed by atoms with Gasteiger partial charge in [-0.3, -0.25) is 0 Å². The topological polar surface area (TPSA) is 48.0 Å². The van der Waals surface area contributed by atoms with Crippen molar-refractivity contribution < 1.29 is 19.0 Å². The van der Waals surface area contributed by atoms with Crippen molar-refractivity contribution in [3.05, 3.63) is 66.2 Å². The molecule has 5 nitrogen and oxygen atoms in total. The van der Waals surface area contributed by atoms with Crippen molar-refractivity contribution >= 4 is 6.09 Å². The molecule has 0 atom stereocenters. The first-order chi connectivity index (χ1) is 16.2. The lowest BCUT2D eigenvalue weighted by Gasteiger charge is -2.25. The highest BCUT2D eigenvalue weighted by molar-refractivity contribution is 5.87. The van der Waals surface area contributed by atoms with Crippen molar-refractivity contribution in [1.82, 2.24) is 4.90 Å². The second-order valence-corrected chi connectivity index (χ2v) is 9.15. The number of ether oxygens (including phenoxy) is 3. The van der Waals surface area contributed by atoms with Crippen molar-refractivity contribution in [2.24, 2.45) is 0 Å². The van der Waals surface area contributed by atoms with Gasteiger partial charge in [0, 0.05) is 24.2 Å². The lowest BCUT2D eigenvalue weighted by atomic mass is 9.82. The monoisotopic (exact) mass is 461 g/mol. The summed E-state index contributed by atoms with van der Waals surface area (Å²) >= 11 is 0. The molecule has 0 aliphatic carbocycles. The van der Waals surface area contributed by atoms with Gasteiger partial charge in [-0.1, -0.05) is 45.0 Å². The Morgan fingerprint density at radius 3 is 1.50 bits per heavy atom. The number of methoxy groups -OCH3 is 2. The van der Waals surface area contributed by atoms with Gasteiger partial charge in [0.1, 0.15) is 17.2 Å². The molecule has 0 unspecified atom stereocenters. The van der Waals surface area contributed by atoms with Gasteiger partial charge in [-0.15, -0.1) is 0 Å². The van der Waals surface area contributed by atoms with E-state index in [0.29, 0.717) is 18.8 Å². The minimum absolute atomic E-state index is 0.107. The number of carbonyl (C=O) groups is 1. The smallest absolute Gasteiger partial charge is 0.415 e. The van der Waals surface area contributed by atoms with Gasteiger partial charge in [-0.25, -0.2) is 4.79 Å². The first-order valence-electron chi connectivity index (χ1n) is 11.7. The van der Waals surface area contributed by atoms with E-state index in [4.69, 9.17) is 14.2 Å². The van der Waals surface area contributed by atoms with Crippen molar-refractivity contribution in [2.45, 2.75) is 40.0 Å². The highest BCUT2D eigenvalue weighted by Crippen LogP contribution is 2.43. The van der Waals surface area contributed by atoms with E-state index in [1.165, 1.54) is 0 Å². The number of hydrogen-bond acceptors (Lipinski definition) is 4. The Balaban J connectivity index is 2.29. The van der Waals surface area contributed by atoms with Crippen molar-refractivity contribution in [1.29, 1.82) is 0 Å². The lowest BCUT2D eigenvalue weighted by Crippen LogP contribution is -2.33. The second-order valence-electron chi connectivity index (χ2n) is 9.15. The molecule has 3 aromatic rings. The third-order valence-corrected chi connectivity index (χ3v) is 5.97. The van der Waals surface area contributed by atoms with Crippen LogP contribution in [-0.4, -0.2) is 38.3 Å². The second kappa shape index (κ2) is 10.6. The summed E-state index contributed by atoms with van der Waals surface area (Å²) in [6.07, 6.45) is -0.363. The molecule has 0 aliphatic heterocycles. The molecule has 0 N–H and O–H groups in total. The number of benzene rings is 3. The quantitative estimate of drug-likeness (QED) is 0.374. The van der Waals surface area contributed by atoms with Gasteiger partial charge in [0.2, 0.25) is 0 Å². The van der Waals surface area contributed by atoms with Crippen LogP contribution >= 0.6 is 0 Å². The summed E-state index contributed by atoms with van der Waals surface area (Å²) in [7, 11) is 3.29. The van der Waals surface area contributed by atoms with Crippen LogP contribution in [0.25, 0.3) is 22.3 Å². The van der Waals surface area contributed by atoms with E-state index in [-0.39, 0.29) is 11.5 Å².